The molecule has 0 unspecified atom stereocenters. The van der Waals surface area contributed by atoms with Gasteiger partial charge in [-0.3, -0.25) is 14.9 Å². The first-order chi connectivity index (χ1) is 16.8. The maximum Gasteiger partial charge on any atom is 0.270 e. The molecule has 0 bridgehead atoms. The fourth-order valence-electron chi connectivity index (χ4n) is 3.74. The van der Waals surface area contributed by atoms with Crippen molar-refractivity contribution < 1.29 is 14.8 Å². The van der Waals surface area contributed by atoms with Crippen molar-refractivity contribution in [3.63, 3.8) is 0 Å². The molecule has 1 heterocycles. The normalized spacial score (nSPS) is 11.7. The number of likely N-dealkylation sites (N-methyl/N-ethyl adjacent to an activating group) is 1. The quantitative estimate of drug-likeness (QED) is 0.203. The molecular weight excluding hydrogens is 446 g/mol. The molecular formula is C26H25N5O4. The molecule has 0 fully saturated rings. The monoisotopic (exact) mass is 471 g/mol. The number of amides is 1. The summed E-state index contributed by atoms with van der Waals surface area (Å²) in [6, 6.07) is 21.1. The van der Waals surface area contributed by atoms with E-state index < -0.39 is 4.92 Å². The first kappa shape index (κ1) is 23.7. The summed E-state index contributed by atoms with van der Waals surface area (Å²) in [5.41, 5.74) is 3.64. The van der Waals surface area contributed by atoms with Gasteiger partial charge in [0, 0.05) is 35.1 Å². The molecule has 0 saturated heterocycles. The van der Waals surface area contributed by atoms with Gasteiger partial charge in [0.15, 0.2) is 5.88 Å². The van der Waals surface area contributed by atoms with Crippen molar-refractivity contribution in [1.29, 1.82) is 0 Å². The van der Waals surface area contributed by atoms with Crippen LogP contribution in [0.4, 0.5) is 11.4 Å². The van der Waals surface area contributed by atoms with E-state index in [-0.39, 0.29) is 17.5 Å². The van der Waals surface area contributed by atoms with Gasteiger partial charge in [-0.15, -0.1) is 0 Å². The topological polar surface area (TPSA) is 124 Å². The third-order valence-corrected chi connectivity index (χ3v) is 5.38. The predicted octanol–water partition coefficient (Wildman–Crippen LogP) is 4.13. The number of aromatic nitrogens is 1. The summed E-state index contributed by atoms with van der Waals surface area (Å²) in [7, 11) is 3.67. The van der Waals surface area contributed by atoms with E-state index in [4.69, 9.17) is 4.99 Å². The Hall–Kier alpha value is -4.50. The predicted molar refractivity (Wildman–Crippen MR) is 135 cm³/mol. The molecule has 0 saturated carbocycles. The van der Waals surface area contributed by atoms with Gasteiger partial charge in [0.05, 0.1) is 28.4 Å². The average molecular weight is 472 g/mol. The molecule has 0 spiro atoms. The number of aromatic amines is 1. The highest BCUT2D eigenvalue weighted by Crippen LogP contribution is 2.33. The summed E-state index contributed by atoms with van der Waals surface area (Å²) in [6.45, 7) is 0.713. The van der Waals surface area contributed by atoms with Gasteiger partial charge in [0.2, 0.25) is 5.91 Å². The molecule has 0 aliphatic rings. The molecule has 0 aliphatic heterocycles. The number of carbonyl (C=O) groups excluding carboxylic acids is 1. The zero-order valence-corrected chi connectivity index (χ0v) is 19.4. The van der Waals surface area contributed by atoms with E-state index >= 15 is 0 Å². The van der Waals surface area contributed by atoms with E-state index in [2.05, 4.69) is 10.3 Å². The molecule has 9 heteroatoms. The van der Waals surface area contributed by atoms with Crippen LogP contribution in [0.25, 0.3) is 10.9 Å². The fraction of sp³-hybridized carbons (Fsp3) is 0.154. The summed E-state index contributed by atoms with van der Waals surface area (Å²) in [4.78, 5) is 32.3. The molecule has 1 aromatic heterocycles. The Morgan fingerprint density at radius 1 is 1.09 bits per heavy atom. The number of H-pyrrole nitrogens is 1. The molecule has 9 nitrogen and oxygen atoms in total. The highest BCUT2D eigenvalue weighted by atomic mass is 16.6. The minimum Gasteiger partial charge on any atom is -0.494 e. The van der Waals surface area contributed by atoms with Crippen LogP contribution in [0.2, 0.25) is 0 Å². The van der Waals surface area contributed by atoms with Gasteiger partial charge < -0.3 is 20.3 Å². The van der Waals surface area contributed by atoms with E-state index in [1.54, 1.807) is 11.0 Å². The zero-order valence-electron chi connectivity index (χ0n) is 19.4. The van der Waals surface area contributed by atoms with Gasteiger partial charge in [-0.2, -0.15) is 0 Å². The van der Waals surface area contributed by atoms with E-state index in [1.165, 1.54) is 12.1 Å². The zero-order chi connectivity index (χ0) is 24.9. The highest BCUT2D eigenvalue weighted by molar-refractivity contribution is 6.22. The van der Waals surface area contributed by atoms with Gasteiger partial charge in [-0.1, -0.05) is 42.5 Å². The summed E-state index contributed by atoms with van der Waals surface area (Å²) < 4.78 is 0. The number of nitro benzene ring substituents is 1. The number of nitro groups is 1. The van der Waals surface area contributed by atoms with Crippen LogP contribution >= 0.6 is 0 Å². The van der Waals surface area contributed by atoms with Crippen LogP contribution in [-0.2, 0) is 11.3 Å². The minimum atomic E-state index is -0.470. The van der Waals surface area contributed by atoms with Crippen molar-refractivity contribution in [2.75, 3.05) is 20.6 Å². The number of nitrogens with one attached hydrogen (secondary N) is 2. The number of aliphatic imine (C=N–C) groups is 1. The number of aromatic hydroxyl groups is 1. The third-order valence-electron chi connectivity index (χ3n) is 5.38. The van der Waals surface area contributed by atoms with Crippen molar-refractivity contribution in [3.05, 3.63) is 99.6 Å². The summed E-state index contributed by atoms with van der Waals surface area (Å²) in [6.07, 6.45) is 0. The fourth-order valence-corrected chi connectivity index (χ4v) is 3.74. The molecule has 0 radical (unpaired) electrons. The maximum absolute atomic E-state index is 11.9. The van der Waals surface area contributed by atoms with Crippen molar-refractivity contribution >= 4 is 33.9 Å². The SMILES string of the molecule is CN(C)CC(=O)NCc1ccc(N=C(c2ccccc2)c2c(O)[nH]c3ccc([N+](=O)[O-])cc23)cc1. The Bertz CT molecular complexity index is 1390. The van der Waals surface area contributed by atoms with Gasteiger partial charge >= 0.3 is 0 Å². The number of non-ortho nitro benzene ring substituents is 1. The maximum atomic E-state index is 11.9. The molecule has 178 valence electrons. The second kappa shape index (κ2) is 10.2. The van der Waals surface area contributed by atoms with Crippen LogP contribution in [0.3, 0.4) is 0 Å². The molecule has 3 aromatic carbocycles. The van der Waals surface area contributed by atoms with Crippen LogP contribution in [0.1, 0.15) is 16.7 Å². The highest BCUT2D eigenvalue weighted by Gasteiger charge is 2.20. The second-order valence-corrected chi connectivity index (χ2v) is 8.34. The van der Waals surface area contributed by atoms with Crippen molar-refractivity contribution in [2.24, 2.45) is 4.99 Å². The largest absolute Gasteiger partial charge is 0.494 e. The Kier molecular flexibility index (Phi) is 6.88. The lowest BCUT2D eigenvalue weighted by atomic mass is 10.0. The third kappa shape index (κ3) is 5.53. The van der Waals surface area contributed by atoms with Gasteiger partial charge in [-0.25, -0.2) is 4.99 Å². The number of benzene rings is 3. The van der Waals surface area contributed by atoms with Gasteiger partial charge in [0.25, 0.3) is 5.69 Å². The second-order valence-electron chi connectivity index (χ2n) is 8.34. The van der Waals surface area contributed by atoms with Crippen molar-refractivity contribution in [1.82, 2.24) is 15.2 Å². The van der Waals surface area contributed by atoms with E-state index in [0.717, 1.165) is 11.1 Å². The molecule has 4 aromatic rings. The van der Waals surface area contributed by atoms with E-state index in [1.807, 2.05) is 68.7 Å². The van der Waals surface area contributed by atoms with E-state index in [0.29, 0.717) is 41.0 Å². The first-order valence-electron chi connectivity index (χ1n) is 11.0. The smallest absolute Gasteiger partial charge is 0.270 e. The summed E-state index contributed by atoms with van der Waals surface area (Å²) in [5.74, 6) is -0.185. The van der Waals surface area contributed by atoms with Crippen molar-refractivity contribution in [3.8, 4) is 5.88 Å². The Morgan fingerprint density at radius 3 is 2.46 bits per heavy atom. The van der Waals surface area contributed by atoms with Crippen LogP contribution in [0.5, 0.6) is 5.88 Å². The van der Waals surface area contributed by atoms with Crippen LogP contribution < -0.4 is 5.32 Å². The summed E-state index contributed by atoms with van der Waals surface area (Å²) >= 11 is 0. The number of fused-ring (bicyclic) bond motifs is 1. The van der Waals surface area contributed by atoms with Crippen molar-refractivity contribution in [2.45, 2.75) is 6.54 Å². The summed E-state index contributed by atoms with van der Waals surface area (Å²) in [5, 5.41) is 25.5. The van der Waals surface area contributed by atoms with E-state index in [9.17, 15) is 20.0 Å². The molecule has 1 amide bonds. The van der Waals surface area contributed by atoms with Crippen LogP contribution in [0.15, 0.2) is 77.8 Å². The number of rotatable bonds is 8. The number of nitrogens with zero attached hydrogens (tertiary/aromatic N) is 3. The standard InChI is InChI=1S/C26H25N5O4/c1-30(2)16-23(32)27-15-17-8-10-19(11-9-17)28-25(18-6-4-3-5-7-18)24-21-14-20(31(34)35)12-13-22(21)29-26(24)33/h3-14,29,33H,15-16H2,1-2H3,(H,27,32). The Labute approximate surface area is 201 Å². The molecule has 3 N–H and O–H groups in total. The first-order valence-corrected chi connectivity index (χ1v) is 11.0. The lowest BCUT2D eigenvalue weighted by Crippen LogP contribution is -2.32. The number of carbonyl (C=O) groups is 1. The number of hydrogen-bond donors (Lipinski definition) is 3. The molecule has 4 rings (SSSR count). The van der Waals surface area contributed by atoms with Crippen LogP contribution in [-0.4, -0.2) is 52.2 Å². The van der Waals surface area contributed by atoms with Gasteiger partial charge in [0.1, 0.15) is 0 Å². The lowest BCUT2D eigenvalue weighted by Gasteiger charge is -2.10. The number of hydrogen-bond acceptors (Lipinski definition) is 6. The van der Waals surface area contributed by atoms with Crippen LogP contribution in [0, 0.1) is 10.1 Å². The Morgan fingerprint density at radius 2 is 1.80 bits per heavy atom. The van der Waals surface area contributed by atoms with Gasteiger partial charge in [-0.05, 0) is 37.9 Å². The Balaban J connectivity index is 1.72. The molecule has 0 aliphatic carbocycles. The average Bonchev–Trinajstić information content (AvgIpc) is 3.16. The minimum absolute atomic E-state index is 0.0626. The molecule has 0 atom stereocenters. The molecule has 35 heavy (non-hydrogen) atoms. The lowest BCUT2D eigenvalue weighted by molar-refractivity contribution is -0.384.